The molecule has 1 aromatic carbocycles. The van der Waals surface area contributed by atoms with Crippen LogP contribution >= 0.6 is 0 Å². The molecule has 0 aliphatic heterocycles. The van der Waals surface area contributed by atoms with Crippen molar-refractivity contribution in [3.8, 4) is 5.75 Å². The molecule has 2 aromatic rings. The lowest BCUT2D eigenvalue weighted by Crippen LogP contribution is -2.01. The Balaban J connectivity index is 2.19. The molecule has 0 amide bonds. The minimum atomic E-state index is 0.286. The first-order valence-corrected chi connectivity index (χ1v) is 4.59. The molecule has 0 aliphatic rings. The van der Waals surface area contributed by atoms with Crippen molar-refractivity contribution in [3.05, 3.63) is 30.5 Å². The van der Waals surface area contributed by atoms with Crippen LogP contribution in [0.15, 0.2) is 24.4 Å². The maximum absolute atomic E-state index is 5.44. The minimum Gasteiger partial charge on any atom is -0.467 e. The summed E-state index contributed by atoms with van der Waals surface area (Å²) in [4.78, 5) is 3.10. The predicted octanol–water partition coefficient (Wildman–Crippen LogP) is 2.34. The molecule has 3 heteroatoms. The summed E-state index contributed by atoms with van der Waals surface area (Å²) in [6.45, 7) is 2.88. The number of rotatable bonds is 4. The number of fused-ring (bicyclic) bond motifs is 1. The van der Waals surface area contributed by atoms with Crippen LogP contribution < -0.4 is 4.74 Å². The van der Waals surface area contributed by atoms with Gasteiger partial charge in [-0.05, 0) is 31.2 Å². The quantitative estimate of drug-likeness (QED) is 0.593. The van der Waals surface area contributed by atoms with E-state index in [1.807, 2.05) is 31.3 Å². The van der Waals surface area contributed by atoms with E-state index < -0.39 is 0 Å². The van der Waals surface area contributed by atoms with E-state index in [9.17, 15) is 0 Å². The molecule has 73 valence electrons. The number of H-pyrrole nitrogens is 1. The van der Waals surface area contributed by atoms with Gasteiger partial charge in [-0.2, -0.15) is 0 Å². The highest BCUT2D eigenvalue weighted by Crippen LogP contribution is 2.23. The van der Waals surface area contributed by atoms with Crippen molar-refractivity contribution >= 4 is 10.9 Å². The highest BCUT2D eigenvalue weighted by atomic mass is 16.7. The Hall–Kier alpha value is -1.48. The standard InChI is InChI=1S/C11H12NO2/c1-2-13-8-14-11-5-3-4-10-9(11)6-7-12-10/h4-7,12H,2,8H2,1H3. The number of nitrogens with one attached hydrogen (secondary N) is 1. The van der Waals surface area contributed by atoms with Crippen molar-refractivity contribution in [2.75, 3.05) is 13.4 Å². The maximum Gasteiger partial charge on any atom is 0.189 e. The second-order valence-corrected chi connectivity index (χ2v) is 2.88. The van der Waals surface area contributed by atoms with Crippen LogP contribution in [-0.4, -0.2) is 18.4 Å². The molecule has 1 N–H and O–H groups in total. The molecule has 0 bridgehead atoms. The van der Waals surface area contributed by atoms with E-state index >= 15 is 0 Å². The normalized spacial score (nSPS) is 10.6. The number of aromatic nitrogens is 1. The van der Waals surface area contributed by atoms with Gasteiger partial charge in [-0.3, -0.25) is 0 Å². The zero-order valence-corrected chi connectivity index (χ0v) is 8.04. The van der Waals surface area contributed by atoms with Gasteiger partial charge in [-0.25, -0.2) is 0 Å². The lowest BCUT2D eigenvalue weighted by atomic mass is 10.2. The van der Waals surface area contributed by atoms with E-state index in [4.69, 9.17) is 9.47 Å². The van der Waals surface area contributed by atoms with Crippen molar-refractivity contribution in [1.82, 2.24) is 4.98 Å². The van der Waals surface area contributed by atoms with Gasteiger partial charge in [0.1, 0.15) is 5.75 Å². The number of aromatic amines is 1. The van der Waals surface area contributed by atoms with Crippen LogP contribution in [0.25, 0.3) is 10.9 Å². The van der Waals surface area contributed by atoms with Crippen LogP contribution in [0.3, 0.4) is 0 Å². The van der Waals surface area contributed by atoms with Gasteiger partial charge in [-0.1, -0.05) is 0 Å². The van der Waals surface area contributed by atoms with Gasteiger partial charge < -0.3 is 14.5 Å². The SMILES string of the molecule is CCOCOc1c[c]cc2[nH]ccc12. The van der Waals surface area contributed by atoms with Gasteiger partial charge >= 0.3 is 0 Å². The fourth-order valence-corrected chi connectivity index (χ4v) is 1.30. The Morgan fingerprint density at radius 2 is 2.36 bits per heavy atom. The molecule has 0 atom stereocenters. The molecule has 2 rings (SSSR count). The first-order valence-electron chi connectivity index (χ1n) is 4.59. The highest BCUT2D eigenvalue weighted by Gasteiger charge is 2.01. The van der Waals surface area contributed by atoms with Crippen LogP contribution in [0.4, 0.5) is 0 Å². The van der Waals surface area contributed by atoms with Crippen LogP contribution in [-0.2, 0) is 4.74 Å². The van der Waals surface area contributed by atoms with Crippen LogP contribution in [0.5, 0.6) is 5.75 Å². The monoisotopic (exact) mass is 190 g/mol. The zero-order chi connectivity index (χ0) is 9.80. The molecule has 0 spiro atoms. The third kappa shape index (κ3) is 1.72. The molecule has 0 aliphatic carbocycles. The van der Waals surface area contributed by atoms with Gasteiger partial charge in [-0.15, -0.1) is 0 Å². The number of hydrogen-bond donors (Lipinski definition) is 1. The molecule has 1 heterocycles. The van der Waals surface area contributed by atoms with E-state index in [-0.39, 0.29) is 6.79 Å². The zero-order valence-electron chi connectivity index (χ0n) is 8.04. The largest absolute Gasteiger partial charge is 0.467 e. The summed E-state index contributed by atoms with van der Waals surface area (Å²) in [5.74, 6) is 0.803. The van der Waals surface area contributed by atoms with E-state index in [0.717, 1.165) is 16.7 Å². The maximum atomic E-state index is 5.44. The van der Waals surface area contributed by atoms with Gasteiger partial charge in [0, 0.05) is 23.7 Å². The summed E-state index contributed by atoms with van der Waals surface area (Å²) < 4.78 is 10.6. The van der Waals surface area contributed by atoms with Crippen molar-refractivity contribution in [3.63, 3.8) is 0 Å². The summed E-state index contributed by atoms with van der Waals surface area (Å²) in [6, 6.07) is 8.69. The molecular formula is C11H12NO2. The molecule has 1 aromatic heterocycles. The molecule has 0 unspecified atom stereocenters. The first-order chi connectivity index (χ1) is 6.92. The fourth-order valence-electron chi connectivity index (χ4n) is 1.30. The third-order valence-electron chi connectivity index (χ3n) is 1.99. The van der Waals surface area contributed by atoms with E-state index in [1.54, 1.807) is 0 Å². The van der Waals surface area contributed by atoms with Crippen molar-refractivity contribution in [1.29, 1.82) is 0 Å². The third-order valence-corrected chi connectivity index (χ3v) is 1.99. The molecule has 0 saturated carbocycles. The summed E-state index contributed by atoms with van der Waals surface area (Å²) in [7, 11) is 0. The Kier molecular flexibility index (Phi) is 2.70. The summed E-state index contributed by atoms with van der Waals surface area (Å²) in [5.41, 5.74) is 1.03. The van der Waals surface area contributed by atoms with Gasteiger partial charge in [0.15, 0.2) is 6.79 Å². The van der Waals surface area contributed by atoms with E-state index in [2.05, 4.69) is 11.1 Å². The average Bonchev–Trinajstić information content (AvgIpc) is 2.67. The summed E-state index contributed by atoms with van der Waals surface area (Å²) in [6.07, 6.45) is 1.88. The number of ether oxygens (including phenoxy) is 2. The average molecular weight is 190 g/mol. The van der Waals surface area contributed by atoms with Crippen LogP contribution in [0, 0.1) is 6.07 Å². The molecule has 0 saturated heterocycles. The van der Waals surface area contributed by atoms with Gasteiger partial charge in [0.05, 0.1) is 0 Å². The van der Waals surface area contributed by atoms with Gasteiger partial charge in [0.25, 0.3) is 0 Å². The van der Waals surface area contributed by atoms with Crippen LogP contribution in [0.2, 0.25) is 0 Å². The number of benzene rings is 1. The van der Waals surface area contributed by atoms with Crippen molar-refractivity contribution < 1.29 is 9.47 Å². The van der Waals surface area contributed by atoms with E-state index in [0.29, 0.717) is 6.61 Å². The smallest absolute Gasteiger partial charge is 0.189 e. The molecule has 14 heavy (non-hydrogen) atoms. The summed E-state index contributed by atoms with van der Waals surface area (Å²) >= 11 is 0. The fraction of sp³-hybridized carbons (Fsp3) is 0.273. The highest BCUT2D eigenvalue weighted by molar-refractivity contribution is 5.85. The first kappa shape index (κ1) is 9.09. The van der Waals surface area contributed by atoms with Crippen molar-refractivity contribution in [2.24, 2.45) is 0 Å². The lowest BCUT2D eigenvalue weighted by Gasteiger charge is -2.06. The summed E-state index contributed by atoms with van der Waals surface area (Å²) in [5, 5.41) is 1.06. The second kappa shape index (κ2) is 4.15. The molecular weight excluding hydrogens is 178 g/mol. The van der Waals surface area contributed by atoms with Crippen LogP contribution in [0.1, 0.15) is 6.92 Å². The second-order valence-electron chi connectivity index (χ2n) is 2.88. The Morgan fingerprint density at radius 1 is 1.43 bits per heavy atom. The number of hydrogen-bond acceptors (Lipinski definition) is 2. The Labute approximate surface area is 82.6 Å². The minimum absolute atomic E-state index is 0.286. The lowest BCUT2D eigenvalue weighted by molar-refractivity contribution is 0.0233. The van der Waals surface area contributed by atoms with Gasteiger partial charge in [0.2, 0.25) is 0 Å². The molecule has 1 radical (unpaired) electrons. The predicted molar refractivity (Wildman–Crippen MR) is 54.3 cm³/mol. The van der Waals surface area contributed by atoms with Crippen molar-refractivity contribution in [2.45, 2.75) is 6.92 Å². The molecule has 0 fully saturated rings. The Morgan fingerprint density at radius 3 is 3.21 bits per heavy atom. The topological polar surface area (TPSA) is 34.2 Å². The Bertz CT molecular complexity index is 408. The van der Waals surface area contributed by atoms with E-state index in [1.165, 1.54) is 0 Å². The molecule has 3 nitrogen and oxygen atoms in total.